The maximum absolute atomic E-state index is 13.1. The minimum atomic E-state index is -0.304. The summed E-state index contributed by atoms with van der Waals surface area (Å²) in [7, 11) is 0. The fourth-order valence-electron chi connectivity index (χ4n) is 2.12. The summed E-state index contributed by atoms with van der Waals surface area (Å²) >= 11 is 0. The number of fused-ring (bicyclic) bond motifs is 3. The third-order valence-corrected chi connectivity index (χ3v) is 2.72. The molecule has 0 spiro atoms. The first-order valence-corrected chi connectivity index (χ1v) is 4.70. The van der Waals surface area contributed by atoms with Crippen LogP contribution in [0.1, 0.15) is 17.8 Å². The summed E-state index contributed by atoms with van der Waals surface area (Å²) in [6.07, 6.45) is 4.53. The molecule has 2 N–H and O–H groups in total. The molecule has 0 atom stereocenters. The number of aryl methyl sites for hydroxylation is 2. The van der Waals surface area contributed by atoms with Crippen LogP contribution in [0.4, 0.5) is 10.1 Å². The maximum atomic E-state index is 13.1. The first-order chi connectivity index (χ1) is 6.75. The van der Waals surface area contributed by atoms with Crippen LogP contribution in [-0.4, -0.2) is 9.38 Å². The zero-order chi connectivity index (χ0) is 9.71. The van der Waals surface area contributed by atoms with Crippen molar-refractivity contribution in [2.75, 3.05) is 5.73 Å². The molecule has 3 rings (SSSR count). The number of nitrogens with zero attached hydrogens (tertiary/aromatic N) is 2. The second kappa shape index (κ2) is 2.47. The van der Waals surface area contributed by atoms with Crippen molar-refractivity contribution in [2.45, 2.75) is 19.3 Å². The van der Waals surface area contributed by atoms with Crippen molar-refractivity contribution in [1.82, 2.24) is 9.38 Å². The summed E-state index contributed by atoms with van der Waals surface area (Å²) in [5.74, 6) is -0.304. The molecular weight excluding hydrogens is 181 g/mol. The molecule has 0 amide bonds. The quantitative estimate of drug-likeness (QED) is 0.686. The van der Waals surface area contributed by atoms with Crippen LogP contribution in [-0.2, 0) is 12.8 Å². The summed E-state index contributed by atoms with van der Waals surface area (Å²) in [4.78, 5) is 4.41. The highest BCUT2D eigenvalue weighted by Gasteiger charge is 2.19. The number of anilines is 1. The number of pyridine rings is 1. The zero-order valence-electron chi connectivity index (χ0n) is 7.63. The maximum Gasteiger partial charge on any atom is 0.160 e. The van der Waals surface area contributed by atoms with Gasteiger partial charge in [0.2, 0.25) is 0 Å². The summed E-state index contributed by atoms with van der Waals surface area (Å²) in [6, 6.07) is 1.32. The van der Waals surface area contributed by atoms with E-state index in [0.29, 0.717) is 11.3 Å². The molecular formula is C10H10FN3. The number of nitrogen functional groups attached to an aromatic ring is 1. The second-order valence-electron chi connectivity index (χ2n) is 3.67. The first-order valence-electron chi connectivity index (χ1n) is 4.70. The third kappa shape index (κ3) is 0.880. The Hall–Kier alpha value is -1.58. The largest absolute Gasteiger partial charge is 0.396 e. The predicted molar refractivity (Wildman–Crippen MR) is 51.6 cm³/mol. The summed E-state index contributed by atoms with van der Waals surface area (Å²) in [5, 5.41) is 0. The highest BCUT2D eigenvalue weighted by Crippen LogP contribution is 2.25. The molecule has 0 unspecified atom stereocenters. The molecule has 2 aromatic heterocycles. The molecule has 3 nitrogen and oxygen atoms in total. The Morgan fingerprint density at radius 1 is 1.43 bits per heavy atom. The lowest BCUT2D eigenvalue weighted by Gasteiger charge is -2.00. The van der Waals surface area contributed by atoms with Crippen LogP contribution in [0.15, 0.2) is 12.3 Å². The highest BCUT2D eigenvalue weighted by molar-refractivity contribution is 5.66. The van der Waals surface area contributed by atoms with Crippen LogP contribution in [0.5, 0.6) is 0 Å². The number of halogens is 1. The van der Waals surface area contributed by atoms with Gasteiger partial charge in [0.05, 0.1) is 11.4 Å². The van der Waals surface area contributed by atoms with Crippen molar-refractivity contribution in [3.05, 3.63) is 29.5 Å². The van der Waals surface area contributed by atoms with Crippen molar-refractivity contribution < 1.29 is 4.39 Å². The molecule has 0 saturated heterocycles. The Balaban J connectivity index is 2.43. The second-order valence-corrected chi connectivity index (χ2v) is 3.67. The Labute approximate surface area is 80.4 Å². The molecule has 0 bridgehead atoms. The van der Waals surface area contributed by atoms with E-state index in [9.17, 15) is 4.39 Å². The fourth-order valence-corrected chi connectivity index (χ4v) is 2.12. The summed E-state index contributed by atoms with van der Waals surface area (Å²) in [6.45, 7) is 0. The fraction of sp³-hybridized carbons (Fsp3) is 0.300. The predicted octanol–water partition coefficient (Wildman–Crippen LogP) is 1.54. The molecule has 2 aromatic rings. The molecule has 14 heavy (non-hydrogen) atoms. The summed E-state index contributed by atoms with van der Waals surface area (Å²) in [5.41, 5.74) is 8.99. The van der Waals surface area contributed by atoms with E-state index in [1.165, 1.54) is 12.3 Å². The molecule has 1 aliphatic carbocycles. The Bertz CT molecular complexity index is 516. The van der Waals surface area contributed by atoms with Gasteiger partial charge in [-0.2, -0.15) is 0 Å². The van der Waals surface area contributed by atoms with E-state index < -0.39 is 0 Å². The molecule has 0 aromatic carbocycles. The van der Waals surface area contributed by atoms with E-state index in [-0.39, 0.29) is 5.82 Å². The smallest absolute Gasteiger partial charge is 0.160 e. The highest BCUT2D eigenvalue weighted by atomic mass is 19.1. The van der Waals surface area contributed by atoms with Crippen molar-refractivity contribution in [3.8, 4) is 0 Å². The van der Waals surface area contributed by atoms with Gasteiger partial charge in [-0.3, -0.25) is 4.40 Å². The molecule has 0 aliphatic heterocycles. The normalized spacial score (nSPS) is 14.9. The Kier molecular flexibility index (Phi) is 1.37. The number of rotatable bonds is 0. The number of imidazole rings is 1. The van der Waals surface area contributed by atoms with Crippen LogP contribution in [0.2, 0.25) is 0 Å². The molecule has 0 radical (unpaired) electrons. The van der Waals surface area contributed by atoms with Gasteiger partial charge < -0.3 is 5.73 Å². The van der Waals surface area contributed by atoms with Crippen molar-refractivity contribution in [3.63, 3.8) is 0 Å². The number of nitrogens with two attached hydrogens (primary N) is 1. The van der Waals surface area contributed by atoms with Crippen molar-refractivity contribution in [1.29, 1.82) is 0 Å². The monoisotopic (exact) mass is 191 g/mol. The minimum absolute atomic E-state index is 0.304. The molecule has 0 fully saturated rings. The van der Waals surface area contributed by atoms with Gasteiger partial charge in [0, 0.05) is 18.0 Å². The van der Waals surface area contributed by atoms with Gasteiger partial charge in [0.25, 0.3) is 0 Å². The van der Waals surface area contributed by atoms with E-state index >= 15 is 0 Å². The molecule has 2 heterocycles. The molecule has 1 aliphatic rings. The zero-order valence-corrected chi connectivity index (χ0v) is 7.63. The van der Waals surface area contributed by atoms with Crippen molar-refractivity contribution >= 4 is 11.3 Å². The van der Waals surface area contributed by atoms with E-state index in [2.05, 4.69) is 4.98 Å². The van der Waals surface area contributed by atoms with E-state index in [0.717, 1.165) is 30.7 Å². The third-order valence-electron chi connectivity index (χ3n) is 2.72. The summed E-state index contributed by atoms with van der Waals surface area (Å²) < 4.78 is 14.9. The van der Waals surface area contributed by atoms with Gasteiger partial charge in [-0.25, -0.2) is 9.37 Å². The van der Waals surface area contributed by atoms with E-state index in [4.69, 9.17) is 5.73 Å². The average Bonchev–Trinajstić information content (AvgIpc) is 2.65. The van der Waals surface area contributed by atoms with Crippen LogP contribution < -0.4 is 5.73 Å². The average molecular weight is 191 g/mol. The van der Waals surface area contributed by atoms with E-state index in [1.807, 2.05) is 0 Å². The molecule has 4 heteroatoms. The first kappa shape index (κ1) is 7.79. The lowest BCUT2D eigenvalue weighted by atomic mass is 10.3. The molecule has 72 valence electrons. The SMILES string of the molecule is Nc1cc(F)cn2c3c(nc12)CCC3. The van der Waals surface area contributed by atoms with E-state index in [1.54, 1.807) is 4.40 Å². The number of hydrogen-bond donors (Lipinski definition) is 1. The topological polar surface area (TPSA) is 43.3 Å². The number of hydrogen-bond acceptors (Lipinski definition) is 2. The van der Waals surface area contributed by atoms with Gasteiger partial charge in [-0.05, 0) is 19.3 Å². The van der Waals surface area contributed by atoms with Crippen molar-refractivity contribution in [2.24, 2.45) is 0 Å². The van der Waals surface area contributed by atoms with Gasteiger partial charge in [-0.1, -0.05) is 0 Å². The lowest BCUT2D eigenvalue weighted by Crippen LogP contribution is -1.97. The van der Waals surface area contributed by atoms with Gasteiger partial charge in [-0.15, -0.1) is 0 Å². The van der Waals surface area contributed by atoms with Crippen LogP contribution >= 0.6 is 0 Å². The Morgan fingerprint density at radius 2 is 2.29 bits per heavy atom. The molecule has 0 saturated carbocycles. The standard InChI is InChI=1S/C10H10FN3/c11-6-4-7(12)10-13-8-2-1-3-9(8)14(10)5-6/h4-5H,1-3,12H2. The lowest BCUT2D eigenvalue weighted by molar-refractivity contribution is 0.618. The Morgan fingerprint density at radius 3 is 3.14 bits per heavy atom. The number of aromatic nitrogens is 2. The van der Waals surface area contributed by atoms with Gasteiger partial charge in [0.15, 0.2) is 5.65 Å². The van der Waals surface area contributed by atoms with Crippen LogP contribution in [0, 0.1) is 5.82 Å². The minimum Gasteiger partial charge on any atom is -0.396 e. The van der Waals surface area contributed by atoms with Gasteiger partial charge >= 0.3 is 0 Å². The van der Waals surface area contributed by atoms with Gasteiger partial charge in [0.1, 0.15) is 5.82 Å². The van der Waals surface area contributed by atoms with Crippen LogP contribution in [0.25, 0.3) is 5.65 Å². The van der Waals surface area contributed by atoms with Crippen LogP contribution in [0.3, 0.4) is 0 Å².